The highest BCUT2D eigenvalue weighted by Gasteiger charge is 2.58. The highest BCUT2D eigenvalue weighted by Crippen LogP contribution is 2.44. The van der Waals surface area contributed by atoms with E-state index in [1.54, 1.807) is 11.6 Å². The molecule has 7 nitrogen and oxygen atoms in total. The van der Waals surface area contributed by atoms with Crippen molar-refractivity contribution in [1.82, 2.24) is 10.6 Å². The van der Waals surface area contributed by atoms with E-state index >= 15 is 0 Å². The van der Waals surface area contributed by atoms with Crippen LogP contribution in [0.5, 0.6) is 0 Å². The first kappa shape index (κ1) is 26.4. The molecule has 3 N–H and O–H groups in total. The molecule has 0 aromatic heterocycles. The number of aliphatic carboxylic acids is 1. The third kappa shape index (κ3) is 5.55. The van der Waals surface area contributed by atoms with Crippen molar-refractivity contribution in [3.05, 3.63) is 59.7 Å². The molecule has 2 amide bonds. The molecule has 0 spiro atoms. The summed E-state index contributed by atoms with van der Waals surface area (Å²) in [4.78, 5) is 36.4. The van der Waals surface area contributed by atoms with Crippen LogP contribution in [0.15, 0.2) is 48.5 Å². The minimum absolute atomic E-state index is 0.0822. The highest BCUT2D eigenvalue weighted by molar-refractivity contribution is 7.98. The fourth-order valence-corrected chi connectivity index (χ4v) is 4.36. The van der Waals surface area contributed by atoms with Crippen molar-refractivity contribution < 1.29 is 37.4 Å². The molecule has 0 bridgehead atoms. The number of alkyl halides is 3. The van der Waals surface area contributed by atoms with Gasteiger partial charge in [0.2, 0.25) is 5.54 Å². The zero-order valence-corrected chi connectivity index (χ0v) is 19.8. The Hall–Kier alpha value is -3.21. The van der Waals surface area contributed by atoms with Crippen LogP contribution in [0.25, 0.3) is 11.1 Å². The van der Waals surface area contributed by atoms with Gasteiger partial charge in [-0.15, -0.1) is 0 Å². The molecular weight excluding hydrogens is 485 g/mol. The summed E-state index contributed by atoms with van der Waals surface area (Å²) < 4.78 is 46.8. The zero-order valence-electron chi connectivity index (χ0n) is 19.0. The van der Waals surface area contributed by atoms with Crippen molar-refractivity contribution in [3.63, 3.8) is 0 Å². The number of alkyl carbamates (subject to hydrolysis) is 1. The molecule has 0 heterocycles. The van der Waals surface area contributed by atoms with Gasteiger partial charge < -0.3 is 15.2 Å². The molecule has 2 aromatic rings. The van der Waals surface area contributed by atoms with E-state index in [9.17, 15) is 32.7 Å². The summed E-state index contributed by atoms with van der Waals surface area (Å²) in [5.41, 5.74) is 0.234. The zero-order chi connectivity index (χ0) is 25.8. The van der Waals surface area contributed by atoms with E-state index in [1.807, 2.05) is 53.8 Å². The molecule has 2 aromatic carbocycles. The van der Waals surface area contributed by atoms with Gasteiger partial charge in [-0.2, -0.15) is 24.9 Å². The third-order valence-electron chi connectivity index (χ3n) is 5.93. The van der Waals surface area contributed by atoms with Crippen molar-refractivity contribution in [2.75, 3.05) is 18.6 Å². The van der Waals surface area contributed by atoms with Gasteiger partial charge in [0.25, 0.3) is 5.91 Å². The minimum Gasteiger partial charge on any atom is -0.480 e. The molecule has 1 aliphatic carbocycles. The predicted molar refractivity (Wildman–Crippen MR) is 125 cm³/mol. The fraction of sp³-hybridized carbons (Fsp3) is 0.375. The predicted octanol–water partition coefficient (Wildman–Crippen LogP) is 4.17. The molecule has 35 heavy (non-hydrogen) atoms. The first-order valence-corrected chi connectivity index (χ1v) is 12.1. The number of fused-ring (bicyclic) bond motifs is 3. The van der Waals surface area contributed by atoms with E-state index in [2.05, 4.69) is 0 Å². The molecule has 0 aliphatic heterocycles. The van der Waals surface area contributed by atoms with Gasteiger partial charge in [-0.3, -0.25) is 10.1 Å². The van der Waals surface area contributed by atoms with Crippen LogP contribution in [0.4, 0.5) is 18.0 Å². The number of hydrogen-bond donors (Lipinski definition) is 3. The summed E-state index contributed by atoms with van der Waals surface area (Å²) in [7, 11) is 0. The second-order valence-corrected chi connectivity index (χ2v) is 9.20. The van der Waals surface area contributed by atoms with Crippen LogP contribution in [-0.4, -0.2) is 59.4 Å². The average molecular weight is 511 g/mol. The second kappa shape index (κ2) is 10.6. The van der Waals surface area contributed by atoms with E-state index in [-0.39, 0.29) is 18.9 Å². The Kier molecular flexibility index (Phi) is 7.99. The lowest BCUT2D eigenvalue weighted by molar-refractivity contribution is -0.195. The van der Waals surface area contributed by atoms with Crippen LogP contribution in [0.3, 0.4) is 0 Å². The van der Waals surface area contributed by atoms with Crippen LogP contribution in [0.1, 0.15) is 30.4 Å². The van der Waals surface area contributed by atoms with Crippen LogP contribution < -0.4 is 10.6 Å². The number of carbonyl (C=O) groups excluding carboxylic acids is 2. The molecule has 0 saturated carbocycles. The van der Waals surface area contributed by atoms with E-state index in [0.29, 0.717) is 12.7 Å². The Balaban J connectivity index is 1.74. The normalized spacial score (nSPS) is 15.3. The number of hydrogen-bond acceptors (Lipinski definition) is 5. The first-order valence-electron chi connectivity index (χ1n) is 10.7. The molecular formula is C24H25F3N2O5S. The van der Waals surface area contributed by atoms with E-state index in [0.717, 1.165) is 22.3 Å². The number of thioether (sulfide) groups is 1. The van der Waals surface area contributed by atoms with Crippen LogP contribution >= 0.6 is 11.8 Å². The van der Waals surface area contributed by atoms with Crippen molar-refractivity contribution in [1.29, 1.82) is 0 Å². The Morgan fingerprint density at radius 2 is 1.60 bits per heavy atom. The molecule has 1 aliphatic rings. The van der Waals surface area contributed by atoms with Crippen molar-refractivity contribution in [2.45, 2.75) is 37.0 Å². The Morgan fingerprint density at radius 3 is 2.09 bits per heavy atom. The quantitative estimate of drug-likeness (QED) is 0.468. The summed E-state index contributed by atoms with van der Waals surface area (Å²) in [5, 5.41) is 12.7. The SMILES string of the molecule is CSCCC(NC(=O)C(C)(NC(=O)OCC1c2ccccc2-c2ccccc21)C(F)(F)F)C(=O)O. The fourth-order valence-electron chi connectivity index (χ4n) is 3.89. The standard InChI is InChI=1S/C24H25F3N2O5S/c1-23(24(25,26)27,21(32)28-19(20(30)31)11-12-35-2)29-22(33)34-13-18-16-9-5-3-7-14(16)15-8-4-6-10-17(15)18/h3-10,18-19H,11-13H2,1-2H3,(H,28,32)(H,29,33)(H,30,31). The maximum Gasteiger partial charge on any atom is 0.420 e. The van der Waals surface area contributed by atoms with E-state index in [1.165, 1.54) is 11.8 Å². The van der Waals surface area contributed by atoms with Gasteiger partial charge in [0.05, 0.1) is 0 Å². The van der Waals surface area contributed by atoms with Crippen molar-refractivity contribution >= 4 is 29.7 Å². The van der Waals surface area contributed by atoms with Crippen molar-refractivity contribution in [2.24, 2.45) is 0 Å². The summed E-state index contributed by atoms with van der Waals surface area (Å²) in [5.74, 6) is -3.24. The Bertz CT molecular complexity index is 1070. The Morgan fingerprint density at radius 1 is 1.06 bits per heavy atom. The minimum atomic E-state index is -5.22. The molecule has 0 saturated heterocycles. The first-order chi connectivity index (χ1) is 16.5. The van der Waals surface area contributed by atoms with Gasteiger partial charge in [0.1, 0.15) is 12.6 Å². The number of amides is 2. The van der Waals surface area contributed by atoms with Gasteiger partial charge >= 0.3 is 18.2 Å². The number of halogens is 3. The Labute approximate surface area is 204 Å². The van der Waals surface area contributed by atoms with E-state index in [4.69, 9.17) is 4.74 Å². The molecule has 188 valence electrons. The number of carboxylic acid groups (broad SMARTS) is 1. The van der Waals surface area contributed by atoms with Crippen LogP contribution in [0.2, 0.25) is 0 Å². The van der Waals surface area contributed by atoms with Crippen LogP contribution in [-0.2, 0) is 14.3 Å². The number of carboxylic acids is 1. The molecule has 2 unspecified atom stereocenters. The van der Waals surface area contributed by atoms with Crippen LogP contribution in [0, 0.1) is 0 Å². The maximum absolute atomic E-state index is 13.9. The van der Waals surface area contributed by atoms with Gasteiger partial charge in [-0.05, 0) is 47.6 Å². The second-order valence-electron chi connectivity index (χ2n) is 8.22. The maximum atomic E-state index is 13.9. The smallest absolute Gasteiger partial charge is 0.420 e. The summed E-state index contributed by atoms with van der Waals surface area (Å²) in [6.45, 7) is 0.220. The van der Waals surface area contributed by atoms with Crippen molar-refractivity contribution in [3.8, 4) is 11.1 Å². The van der Waals surface area contributed by atoms with Gasteiger partial charge in [0.15, 0.2) is 0 Å². The molecule has 11 heteroatoms. The van der Waals surface area contributed by atoms with Gasteiger partial charge in [0, 0.05) is 5.92 Å². The largest absolute Gasteiger partial charge is 0.480 e. The number of nitrogens with one attached hydrogen (secondary N) is 2. The molecule has 0 radical (unpaired) electrons. The number of carbonyl (C=O) groups is 3. The highest BCUT2D eigenvalue weighted by atomic mass is 32.2. The lowest BCUT2D eigenvalue weighted by Crippen LogP contribution is -2.66. The van der Waals surface area contributed by atoms with E-state index < -0.39 is 35.7 Å². The molecule has 3 rings (SSSR count). The topological polar surface area (TPSA) is 105 Å². The number of ether oxygens (including phenoxy) is 1. The summed E-state index contributed by atoms with van der Waals surface area (Å²) in [6, 6.07) is 13.4. The lowest BCUT2D eigenvalue weighted by Gasteiger charge is -2.32. The molecule has 0 fully saturated rings. The lowest BCUT2D eigenvalue weighted by atomic mass is 9.98. The van der Waals surface area contributed by atoms with Gasteiger partial charge in [-0.1, -0.05) is 48.5 Å². The number of benzene rings is 2. The third-order valence-corrected chi connectivity index (χ3v) is 6.57. The average Bonchev–Trinajstić information content (AvgIpc) is 3.13. The molecule has 2 atom stereocenters. The number of rotatable bonds is 9. The van der Waals surface area contributed by atoms with Gasteiger partial charge in [-0.25, -0.2) is 9.59 Å². The summed E-state index contributed by atoms with van der Waals surface area (Å²) >= 11 is 1.28. The summed E-state index contributed by atoms with van der Waals surface area (Å²) in [6.07, 6.45) is -5.05. The monoisotopic (exact) mass is 510 g/mol.